The van der Waals surface area contributed by atoms with Crippen LogP contribution in [0.2, 0.25) is 15.2 Å². The van der Waals surface area contributed by atoms with E-state index in [0.29, 0.717) is 38.3 Å². The lowest BCUT2D eigenvalue weighted by Crippen LogP contribution is -2.10. The predicted molar refractivity (Wildman–Crippen MR) is 86.8 cm³/mol. The van der Waals surface area contributed by atoms with Crippen LogP contribution in [0.4, 0.5) is 5.69 Å². The van der Waals surface area contributed by atoms with E-state index in [1.165, 1.54) is 6.42 Å². The average molecular weight is 344 g/mol. The number of nitrogens with two attached hydrogens (primary N) is 1. The van der Waals surface area contributed by atoms with Crippen molar-refractivity contribution in [3.63, 3.8) is 0 Å². The minimum atomic E-state index is 0.361. The zero-order chi connectivity index (χ0) is 15.0. The first-order valence-electron chi connectivity index (χ1n) is 6.62. The Bertz CT molecular complexity index is 664. The van der Waals surface area contributed by atoms with Crippen molar-refractivity contribution < 1.29 is 4.74 Å². The molecule has 6 heteroatoms. The molecule has 1 aliphatic rings. The third-order valence-corrected chi connectivity index (χ3v) is 4.50. The summed E-state index contributed by atoms with van der Waals surface area (Å²) in [7, 11) is 0. The van der Waals surface area contributed by atoms with E-state index in [2.05, 4.69) is 4.98 Å². The molecule has 0 spiro atoms. The smallest absolute Gasteiger partial charge is 0.164 e. The van der Waals surface area contributed by atoms with Gasteiger partial charge in [0.1, 0.15) is 10.9 Å². The maximum absolute atomic E-state index is 6.15. The Morgan fingerprint density at radius 1 is 1.10 bits per heavy atom. The lowest BCUT2D eigenvalue weighted by atomic mass is 9.81. The fourth-order valence-electron chi connectivity index (χ4n) is 2.30. The molecule has 1 aromatic heterocycles. The van der Waals surface area contributed by atoms with Gasteiger partial charge in [0.05, 0.1) is 16.2 Å². The van der Waals surface area contributed by atoms with Gasteiger partial charge in [-0.2, -0.15) is 0 Å². The highest BCUT2D eigenvalue weighted by molar-refractivity contribution is 6.37. The van der Waals surface area contributed by atoms with Crippen LogP contribution in [0.15, 0.2) is 24.4 Å². The molecular weight excluding hydrogens is 331 g/mol. The molecule has 1 aliphatic carbocycles. The molecule has 3 nitrogen and oxygen atoms in total. The minimum Gasteiger partial charge on any atom is -0.453 e. The van der Waals surface area contributed by atoms with Crippen molar-refractivity contribution in [3.8, 4) is 11.5 Å². The molecule has 3 rings (SSSR count). The van der Waals surface area contributed by atoms with Crippen LogP contribution in [-0.2, 0) is 0 Å². The summed E-state index contributed by atoms with van der Waals surface area (Å²) < 4.78 is 5.77. The summed E-state index contributed by atoms with van der Waals surface area (Å²) in [4.78, 5) is 4.18. The van der Waals surface area contributed by atoms with E-state index in [-0.39, 0.29) is 0 Å². The molecule has 0 unspecified atom stereocenters. The van der Waals surface area contributed by atoms with Crippen LogP contribution >= 0.6 is 34.8 Å². The monoisotopic (exact) mass is 342 g/mol. The van der Waals surface area contributed by atoms with Crippen molar-refractivity contribution in [2.24, 2.45) is 0 Å². The van der Waals surface area contributed by atoms with Crippen LogP contribution < -0.4 is 10.5 Å². The first-order chi connectivity index (χ1) is 10.0. The molecule has 0 aliphatic heterocycles. The van der Waals surface area contributed by atoms with E-state index in [9.17, 15) is 0 Å². The average Bonchev–Trinajstić information content (AvgIpc) is 2.35. The molecule has 0 atom stereocenters. The number of hydrogen-bond acceptors (Lipinski definition) is 3. The number of pyridine rings is 1. The fraction of sp³-hybridized carbons (Fsp3) is 0.267. The maximum atomic E-state index is 6.15. The molecule has 0 bridgehead atoms. The maximum Gasteiger partial charge on any atom is 0.164 e. The molecule has 0 radical (unpaired) electrons. The van der Waals surface area contributed by atoms with Crippen molar-refractivity contribution in [2.75, 3.05) is 5.73 Å². The van der Waals surface area contributed by atoms with Crippen LogP contribution in [0, 0.1) is 0 Å². The molecule has 2 N–H and O–H groups in total. The van der Waals surface area contributed by atoms with Crippen molar-refractivity contribution in [2.45, 2.75) is 25.2 Å². The molecule has 1 saturated carbocycles. The highest BCUT2D eigenvalue weighted by atomic mass is 35.5. The van der Waals surface area contributed by atoms with Crippen LogP contribution in [0.25, 0.3) is 0 Å². The summed E-state index contributed by atoms with van der Waals surface area (Å²) in [6.07, 6.45) is 5.05. The zero-order valence-electron chi connectivity index (χ0n) is 11.1. The molecule has 1 heterocycles. The van der Waals surface area contributed by atoms with Crippen molar-refractivity contribution in [1.29, 1.82) is 0 Å². The van der Waals surface area contributed by atoms with Crippen LogP contribution in [0.3, 0.4) is 0 Å². The summed E-state index contributed by atoms with van der Waals surface area (Å²) in [5.41, 5.74) is 7.18. The number of ether oxygens (including phenoxy) is 1. The second-order valence-corrected chi connectivity index (χ2v) is 6.27. The third-order valence-electron chi connectivity index (χ3n) is 3.63. The number of benzene rings is 1. The molecular formula is C15H13Cl3N2O. The van der Waals surface area contributed by atoms with Crippen molar-refractivity contribution >= 4 is 40.5 Å². The summed E-state index contributed by atoms with van der Waals surface area (Å²) in [6.45, 7) is 0. The highest BCUT2D eigenvalue weighted by Gasteiger charge is 2.23. The Morgan fingerprint density at radius 2 is 1.76 bits per heavy atom. The lowest BCUT2D eigenvalue weighted by Gasteiger charge is -2.26. The Balaban J connectivity index is 1.92. The van der Waals surface area contributed by atoms with Crippen LogP contribution in [0.1, 0.15) is 30.7 Å². The largest absolute Gasteiger partial charge is 0.453 e. The van der Waals surface area contributed by atoms with E-state index >= 15 is 0 Å². The van der Waals surface area contributed by atoms with Gasteiger partial charge in [-0.05, 0) is 42.5 Å². The summed E-state index contributed by atoms with van der Waals surface area (Å²) in [6, 6.07) is 5.10. The molecule has 1 aromatic carbocycles. The second kappa shape index (κ2) is 5.91. The van der Waals surface area contributed by atoms with Gasteiger partial charge in [0.2, 0.25) is 0 Å². The second-order valence-electron chi connectivity index (χ2n) is 5.09. The lowest BCUT2D eigenvalue weighted by molar-refractivity contribution is 0.415. The van der Waals surface area contributed by atoms with Gasteiger partial charge in [0, 0.05) is 5.69 Å². The Labute approximate surface area is 138 Å². The van der Waals surface area contributed by atoms with Gasteiger partial charge < -0.3 is 10.5 Å². The molecule has 0 amide bonds. The number of rotatable bonds is 3. The number of halogens is 3. The van der Waals surface area contributed by atoms with E-state index in [4.69, 9.17) is 45.3 Å². The van der Waals surface area contributed by atoms with Crippen molar-refractivity contribution in [3.05, 3.63) is 45.2 Å². The molecule has 0 saturated heterocycles. The summed E-state index contributed by atoms with van der Waals surface area (Å²) in [5.74, 6) is 1.40. The number of hydrogen-bond donors (Lipinski definition) is 1. The number of nitrogens with zero attached hydrogens (tertiary/aromatic N) is 1. The predicted octanol–water partition coefficient (Wildman–Crippen LogP) is 5.68. The number of nitrogen functional groups attached to an aromatic ring is 1. The molecule has 21 heavy (non-hydrogen) atoms. The van der Waals surface area contributed by atoms with E-state index in [1.54, 1.807) is 18.3 Å². The quantitative estimate of drug-likeness (QED) is 0.576. The minimum absolute atomic E-state index is 0.361. The first kappa shape index (κ1) is 14.8. The Hall–Kier alpha value is -1.16. The van der Waals surface area contributed by atoms with Gasteiger partial charge >= 0.3 is 0 Å². The van der Waals surface area contributed by atoms with E-state index in [0.717, 1.165) is 18.4 Å². The zero-order valence-corrected chi connectivity index (χ0v) is 13.3. The third kappa shape index (κ3) is 3.05. The Kier molecular flexibility index (Phi) is 4.16. The topological polar surface area (TPSA) is 48.1 Å². The van der Waals surface area contributed by atoms with Crippen molar-refractivity contribution in [1.82, 2.24) is 4.98 Å². The highest BCUT2D eigenvalue weighted by Crippen LogP contribution is 2.42. The number of anilines is 1. The van der Waals surface area contributed by atoms with Crippen LogP contribution in [-0.4, -0.2) is 4.98 Å². The van der Waals surface area contributed by atoms with Gasteiger partial charge in [0.25, 0.3) is 0 Å². The first-order valence-corrected chi connectivity index (χ1v) is 7.76. The molecule has 110 valence electrons. The standard InChI is InChI=1S/C15H13Cl3N2O/c16-12-4-9(19)5-13(17)14(12)21-10-6-11(8-2-1-3-8)15(18)20-7-10/h4-8H,1-3,19H2. The molecule has 1 fully saturated rings. The fourth-order valence-corrected chi connectivity index (χ4v) is 3.14. The summed E-state index contributed by atoms with van der Waals surface area (Å²) >= 11 is 18.4. The Morgan fingerprint density at radius 3 is 2.33 bits per heavy atom. The van der Waals surface area contributed by atoms with Gasteiger partial charge in [0.15, 0.2) is 5.75 Å². The van der Waals surface area contributed by atoms with Gasteiger partial charge in [-0.25, -0.2) is 4.98 Å². The van der Waals surface area contributed by atoms with E-state index in [1.807, 2.05) is 6.07 Å². The van der Waals surface area contributed by atoms with Gasteiger partial charge in [-0.15, -0.1) is 0 Å². The summed E-state index contributed by atoms with van der Waals surface area (Å²) in [5, 5.41) is 1.25. The van der Waals surface area contributed by atoms with E-state index < -0.39 is 0 Å². The van der Waals surface area contributed by atoms with Gasteiger partial charge in [-0.1, -0.05) is 41.2 Å². The van der Waals surface area contributed by atoms with Gasteiger partial charge in [-0.3, -0.25) is 0 Å². The van der Waals surface area contributed by atoms with Crippen LogP contribution in [0.5, 0.6) is 11.5 Å². The SMILES string of the molecule is Nc1cc(Cl)c(Oc2cnc(Cl)c(C3CCC3)c2)c(Cl)c1. The number of aromatic nitrogens is 1. The normalized spacial score (nSPS) is 14.8. The molecule has 2 aromatic rings.